The Bertz CT molecular complexity index is 831. The zero-order valence-electron chi connectivity index (χ0n) is 10.7. The topological polar surface area (TPSA) is 80.9 Å². The summed E-state index contributed by atoms with van der Waals surface area (Å²) in [5, 5.41) is 0.547. The van der Waals surface area contributed by atoms with E-state index < -0.39 is 5.91 Å². The molecule has 0 aliphatic rings. The van der Waals surface area contributed by atoms with E-state index >= 15 is 0 Å². The van der Waals surface area contributed by atoms with Gasteiger partial charge in [-0.1, -0.05) is 30.3 Å². The summed E-state index contributed by atoms with van der Waals surface area (Å²) in [6.07, 6.45) is 1.83. The summed E-state index contributed by atoms with van der Waals surface area (Å²) >= 11 is 0. The Balaban J connectivity index is 2.12. The third kappa shape index (κ3) is 2.09. The molecule has 0 atom stereocenters. The molecule has 0 aliphatic heterocycles. The largest absolute Gasteiger partial charge is 0.364 e. The molecule has 3 aromatic rings. The number of nitrogens with zero attached hydrogens (tertiary/aromatic N) is 1. The molecule has 0 spiro atoms. The Kier molecular flexibility index (Phi) is 2.87. The predicted octanol–water partition coefficient (Wildman–Crippen LogP) is 1.48. The normalized spacial score (nSPS) is 10.8. The first-order chi connectivity index (χ1) is 9.65. The van der Waals surface area contributed by atoms with E-state index in [2.05, 4.69) is 4.98 Å². The van der Waals surface area contributed by atoms with E-state index in [0.29, 0.717) is 17.4 Å². The minimum absolute atomic E-state index is 0.121. The quantitative estimate of drug-likeness (QED) is 0.753. The number of amides is 1. The number of primary amides is 1. The van der Waals surface area contributed by atoms with Crippen LogP contribution in [0.5, 0.6) is 0 Å². The van der Waals surface area contributed by atoms with Gasteiger partial charge in [0.15, 0.2) is 0 Å². The van der Waals surface area contributed by atoms with E-state index in [1.165, 1.54) is 0 Å². The minimum atomic E-state index is -0.642. The molecule has 0 saturated carbocycles. The maximum absolute atomic E-state index is 11.9. The average molecular weight is 267 g/mol. The van der Waals surface area contributed by atoms with Crippen LogP contribution >= 0.6 is 0 Å². The molecule has 100 valence electrons. The van der Waals surface area contributed by atoms with Crippen molar-refractivity contribution in [1.82, 2.24) is 9.55 Å². The highest BCUT2D eigenvalue weighted by Crippen LogP contribution is 2.14. The molecule has 3 N–H and O–H groups in total. The van der Waals surface area contributed by atoms with Gasteiger partial charge in [-0.05, 0) is 17.7 Å². The van der Waals surface area contributed by atoms with Crippen LogP contribution in [-0.4, -0.2) is 15.5 Å². The maximum Gasteiger partial charge on any atom is 0.265 e. The van der Waals surface area contributed by atoms with Crippen molar-refractivity contribution in [3.05, 3.63) is 70.3 Å². The van der Waals surface area contributed by atoms with Gasteiger partial charge >= 0.3 is 0 Å². The van der Waals surface area contributed by atoms with Crippen molar-refractivity contribution in [3.63, 3.8) is 0 Å². The third-order valence-electron chi connectivity index (χ3n) is 3.24. The highest BCUT2D eigenvalue weighted by Gasteiger charge is 2.10. The second-order valence-electron chi connectivity index (χ2n) is 4.60. The first kappa shape index (κ1) is 12.2. The van der Waals surface area contributed by atoms with E-state index in [-0.39, 0.29) is 11.3 Å². The summed E-state index contributed by atoms with van der Waals surface area (Å²) in [6, 6.07) is 13.2. The smallest absolute Gasteiger partial charge is 0.265 e. The Labute approximate surface area is 114 Å². The molecule has 0 radical (unpaired) electrons. The van der Waals surface area contributed by atoms with Crippen LogP contribution in [0.4, 0.5) is 0 Å². The highest BCUT2D eigenvalue weighted by atomic mass is 16.1. The van der Waals surface area contributed by atoms with Crippen molar-refractivity contribution >= 4 is 16.8 Å². The molecule has 0 bridgehead atoms. The molecule has 2 heterocycles. The fraction of sp³-hybridized carbons (Fsp3) is 0.0667. The Morgan fingerprint density at radius 2 is 1.95 bits per heavy atom. The number of aromatic amines is 1. The van der Waals surface area contributed by atoms with Gasteiger partial charge in [0.2, 0.25) is 0 Å². The van der Waals surface area contributed by atoms with Gasteiger partial charge in [0.1, 0.15) is 5.69 Å². The number of fused-ring (bicyclic) bond motifs is 1. The number of nitrogens with two attached hydrogens (primary N) is 1. The van der Waals surface area contributed by atoms with Crippen LogP contribution in [0.1, 0.15) is 16.1 Å². The lowest BCUT2D eigenvalue weighted by atomic mass is 10.2. The van der Waals surface area contributed by atoms with Crippen molar-refractivity contribution < 1.29 is 4.79 Å². The van der Waals surface area contributed by atoms with Crippen molar-refractivity contribution in [3.8, 4) is 0 Å². The molecule has 1 amide bonds. The van der Waals surface area contributed by atoms with Crippen LogP contribution in [0, 0.1) is 0 Å². The number of hydrogen-bond donors (Lipinski definition) is 2. The molecule has 2 aromatic heterocycles. The Morgan fingerprint density at radius 1 is 1.20 bits per heavy atom. The van der Waals surface area contributed by atoms with Gasteiger partial charge in [-0.15, -0.1) is 0 Å². The zero-order chi connectivity index (χ0) is 14.1. The predicted molar refractivity (Wildman–Crippen MR) is 76.6 cm³/mol. The summed E-state index contributed by atoms with van der Waals surface area (Å²) in [5.74, 6) is -0.642. The lowest BCUT2D eigenvalue weighted by Crippen LogP contribution is -2.19. The molecule has 5 heteroatoms. The second-order valence-corrected chi connectivity index (χ2v) is 4.60. The second kappa shape index (κ2) is 4.70. The van der Waals surface area contributed by atoms with E-state index in [1.807, 2.05) is 41.1 Å². The first-order valence-corrected chi connectivity index (χ1v) is 6.21. The number of H-pyrrole nitrogens is 1. The fourth-order valence-corrected chi connectivity index (χ4v) is 2.25. The maximum atomic E-state index is 11.9. The van der Waals surface area contributed by atoms with E-state index in [9.17, 15) is 9.59 Å². The third-order valence-corrected chi connectivity index (χ3v) is 3.24. The minimum Gasteiger partial charge on any atom is -0.364 e. The summed E-state index contributed by atoms with van der Waals surface area (Å²) in [5.41, 5.74) is 6.86. The van der Waals surface area contributed by atoms with Crippen LogP contribution in [0.3, 0.4) is 0 Å². The van der Waals surface area contributed by atoms with Crippen molar-refractivity contribution in [2.75, 3.05) is 0 Å². The Hall–Kier alpha value is -2.82. The number of carbonyl (C=O) groups excluding carboxylic acids is 1. The molecule has 0 unspecified atom stereocenters. The number of pyridine rings is 1. The first-order valence-electron chi connectivity index (χ1n) is 6.21. The van der Waals surface area contributed by atoms with Crippen molar-refractivity contribution in [2.24, 2.45) is 5.73 Å². The van der Waals surface area contributed by atoms with Gasteiger partial charge < -0.3 is 15.3 Å². The van der Waals surface area contributed by atoms with Crippen molar-refractivity contribution in [2.45, 2.75) is 6.54 Å². The average Bonchev–Trinajstić information content (AvgIpc) is 2.84. The number of hydrogen-bond acceptors (Lipinski definition) is 2. The van der Waals surface area contributed by atoms with Gasteiger partial charge in [-0.25, -0.2) is 0 Å². The van der Waals surface area contributed by atoms with Gasteiger partial charge in [0.05, 0.1) is 10.9 Å². The van der Waals surface area contributed by atoms with Crippen molar-refractivity contribution in [1.29, 1.82) is 0 Å². The standard InChI is InChI=1S/C15H13N3O2/c16-14(19)12-8-13-11(15(20)17-12)6-7-18(13)9-10-4-2-1-3-5-10/h1-8H,9H2,(H2,16,19)(H,17,20). The van der Waals surface area contributed by atoms with Gasteiger partial charge in [0.25, 0.3) is 11.5 Å². The van der Waals surface area contributed by atoms with Gasteiger partial charge in [-0.2, -0.15) is 0 Å². The molecule has 0 saturated heterocycles. The van der Waals surface area contributed by atoms with Crippen LogP contribution in [0.15, 0.2) is 53.5 Å². The van der Waals surface area contributed by atoms with Crippen LogP contribution < -0.4 is 11.3 Å². The molecule has 3 rings (SSSR count). The lowest BCUT2D eigenvalue weighted by molar-refractivity contribution is 0.0995. The van der Waals surface area contributed by atoms with Gasteiger partial charge in [-0.3, -0.25) is 9.59 Å². The lowest BCUT2D eigenvalue weighted by Gasteiger charge is -2.06. The summed E-state index contributed by atoms with van der Waals surface area (Å²) in [7, 11) is 0. The number of rotatable bonds is 3. The van der Waals surface area contributed by atoms with Crippen LogP contribution in [0.25, 0.3) is 10.9 Å². The van der Waals surface area contributed by atoms with Crippen LogP contribution in [0.2, 0.25) is 0 Å². The molecule has 0 fully saturated rings. The van der Waals surface area contributed by atoms with Crippen LogP contribution in [-0.2, 0) is 6.54 Å². The zero-order valence-corrected chi connectivity index (χ0v) is 10.7. The molecule has 1 aromatic carbocycles. The number of benzene rings is 1. The molecular formula is C15H13N3O2. The van der Waals surface area contributed by atoms with Gasteiger partial charge in [0, 0.05) is 12.7 Å². The number of aromatic nitrogens is 2. The monoisotopic (exact) mass is 267 g/mol. The van der Waals surface area contributed by atoms with E-state index in [0.717, 1.165) is 5.56 Å². The highest BCUT2D eigenvalue weighted by molar-refractivity contribution is 5.94. The number of carbonyl (C=O) groups is 1. The molecule has 20 heavy (non-hydrogen) atoms. The summed E-state index contributed by atoms with van der Waals surface area (Å²) < 4.78 is 1.92. The number of nitrogens with one attached hydrogen (secondary N) is 1. The summed E-state index contributed by atoms with van der Waals surface area (Å²) in [4.78, 5) is 25.6. The summed E-state index contributed by atoms with van der Waals surface area (Å²) in [6.45, 7) is 0.631. The fourth-order valence-electron chi connectivity index (χ4n) is 2.25. The molecule has 5 nitrogen and oxygen atoms in total. The van der Waals surface area contributed by atoms with E-state index in [4.69, 9.17) is 5.73 Å². The van der Waals surface area contributed by atoms with E-state index in [1.54, 1.807) is 12.1 Å². The molecular weight excluding hydrogens is 254 g/mol. The SMILES string of the molecule is NC(=O)c1cc2c(ccn2Cc2ccccc2)c(=O)[nH]1. The molecule has 0 aliphatic carbocycles. The Morgan fingerprint density at radius 3 is 2.65 bits per heavy atom.